The van der Waals surface area contributed by atoms with E-state index in [0.717, 1.165) is 11.3 Å². The van der Waals surface area contributed by atoms with Crippen LogP contribution < -0.4 is 10.5 Å². The molecule has 0 fully saturated rings. The molecule has 102 valence electrons. The topological polar surface area (TPSA) is 74.2 Å². The lowest BCUT2D eigenvalue weighted by Crippen LogP contribution is -2.05. The third kappa shape index (κ3) is 3.68. The Bertz CT molecular complexity index is 542. The van der Waals surface area contributed by atoms with Crippen molar-refractivity contribution in [1.29, 1.82) is 0 Å². The van der Waals surface area contributed by atoms with E-state index < -0.39 is 0 Å². The molecule has 6 heteroatoms. The first-order chi connectivity index (χ1) is 9.22. The molecule has 0 bridgehead atoms. The number of nitrogens with zero attached hydrogens (tertiary/aromatic N) is 2. The Morgan fingerprint density at radius 2 is 2.11 bits per heavy atom. The van der Waals surface area contributed by atoms with Crippen molar-refractivity contribution in [3.8, 4) is 5.75 Å². The molecule has 5 nitrogen and oxygen atoms in total. The summed E-state index contributed by atoms with van der Waals surface area (Å²) in [6, 6.07) is 5.46. The molecule has 0 spiro atoms. The van der Waals surface area contributed by atoms with E-state index in [1.165, 1.54) is 0 Å². The van der Waals surface area contributed by atoms with E-state index in [1.807, 2.05) is 19.1 Å². The molecule has 0 saturated heterocycles. The molecule has 1 heterocycles. The van der Waals surface area contributed by atoms with Gasteiger partial charge in [0.05, 0.1) is 0 Å². The third-order valence-electron chi connectivity index (χ3n) is 2.60. The first-order valence-corrected chi connectivity index (χ1v) is 6.53. The molecule has 0 atom stereocenters. The van der Waals surface area contributed by atoms with Gasteiger partial charge in [-0.1, -0.05) is 18.5 Å². The SMILES string of the molecule is CCc1nnc(COc2ccc(Cl)cc2CCN)o1. The van der Waals surface area contributed by atoms with Gasteiger partial charge in [0.2, 0.25) is 5.89 Å². The fraction of sp³-hybridized carbons (Fsp3) is 0.385. The lowest BCUT2D eigenvalue weighted by Gasteiger charge is -2.09. The Morgan fingerprint density at radius 3 is 2.79 bits per heavy atom. The molecule has 2 aromatic rings. The van der Waals surface area contributed by atoms with Crippen LogP contribution in [0.25, 0.3) is 0 Å². The van der Waals surface area contributed by atoms with Gasteiger partial charge >= 0.3 is 0 Å². The largest absolute Gasteiger partial charge is 0.484 e. The van der Waals surface area contributed by atoms with Crippen LogP contribution >= 0.6 is 11.6 Å². The summed E-state index contributed by atoms with van der Waals surface area (Å²) in [7, 11) is 0. The molecule has 0 radical (unpaired) electrons. The fourth-order valence-corrected chi connectivity index (χ4v) is 1.86. The van der Waals surface area contributed by atoms with Gasteiger partial charge in [0, 0.05) is 11.4 Å². The number of aryl methyl sites for hydroxylation is 1. The molecule has 0 amide bonds. The van der Waals surface area contributed by atoms with E-state index in [1.54, 1.807) is 6.07 Å². The summed E-state index contributed by atoms with van der Waals surface area (Å²) in [6.45, 7) is 2.74. The number of benzene rings is 1. The average molecular weight is 282 g/mol. The van der Waals surface area contributed by atoms with Crippen molar-refractivity contribution in [2.45, 2.75) is 26.4 Å². The van der Waals surface area contributed by atoms with Gasteiger partial charge in [0.15, 0.2) is 6.61 Å². The zero-order valence-corrected chi connectivity index (χ0v) is 11.5. The average Bonchev–Trinajstić information content (AvgIpc) is 2.86. The number of aromatic nitrogens is 2. The molecule has 0 aliphatic heterocycles. The zero-order chi connectivity index (χ0) is 13.7. The minimum Gasteiger partial charge on any atom is -0.484 e. The van der Waals surface area contributed by atoms with E-state index in [0.29, 0.717) is 36.2 Å². The maximum absolute atomic E-state index is 5.95. The Labute approximate surface area is 116 Å². The van der Waals surface area contributed by atoms with Crippen molar-refractivity contribution in [2.75, 3.05) is 6.54 Å². The van der Waals surface area contributed by atoms with Gasteiger partial charge in [-0.2, -0.15) is 0 Å². The second kappa shape index (κ2) is 6.54. The lowest BCUT2D eigenvalue weighted by atomic mass is 10.1. The number of hydrogen-bond acceptors (Lipinski definition) is 5. The van der Waals surface area contributed by atoms with Gasteiger partial charge in [0.25, 0.3) is 5.89 Å². The van der Waals surface area contributed by atoms with Crippen molar-refractivity contribution >= 4 is 11.6 Å². The van der Waals surface area contributed by atoms with E-state index in [-0.39, 0.29) is 6.61 Å². The molecular formula is C13H16ClN3O2. The first kappa shape index (κ1) is 13.8. The highest BCUT2D eigenvalue weighted by atomic mass is 35.5. The van der Waals surface area contributed by atoms with E-state index in [2.05, 4.69) is 10.2 Å². The smallest absolute Gasteiger partial charge is 0.253 e. The predicted molar refractivity (Wildman–Crippen MR) is 72.2 cm³/mol. The van der Waals surface area contributed by atoms with Gasteiger partial charge in [-0.05, 0) is 36.7 Å². The van der Waals surface area contributed by atoms with Gasteiger partial charge in [-0.3, -0.25) is 0 Å². The summed E-state index contributed by atoms with van der Waals surface area (Å²) in [5.41, 5.74) is 6.55. The van der Waals surface area contributed by atoms with Crippen LogP contribution in [-0.4, -0.2) is 16.7 Å². The lowest BCUT2D eigenvalue weighted by molar-refractivity contribution is 0.257. The molecule has 2 rings (SSSR count). The zero-order valence-electron chi connectivity index (χ0n) is 10.7. The van der Waals surface area contributed by atoms with Crippen molar-refractivity contribution in [2.24, 2.45) is 5.73 Å². The van der Waals surface area contributed by atoms with Crippen molar-refractivity contribution < 1.29 is 9.15 Å². The van der Waals surface area contributed by atoms with Gasteiger partial charge in [0.1, 0.15) is 5.75 Å². The molecule has 1 aromatic carbocycles. The number of hydrogen-bond donors (Lipinski definition) is 1. The monoisotopic (exact) mass is 281 g/mol. The minimum absolute atomic E-state index is 0.242. The second-order valence-electron chi connectivity index (χ2n) is 4.02. The second-order valence-corrected chi connectivity index (χ2v) is 4.46. The van der Waals surface area contributed by atoms with Crippen LogP contribution in [0.1, 0.15) is 24.3 Å². The Kier molecular flexibility index (Phi) is 4.76. The summed E-state index contributed by atoms with van der Waals surface area (Å²) in [5.74, 6) is 1.81. The van der Waals surface area contributed by atoms with Crippen LogP contribution in [0.2, 0.25) is 5.02 Å². The normalized spacial score (nSPS) is 10.7. The van der Waals surface area contributed by atoms with Gasteiger partial charge in [-0.25, -0.2) is 0 Å². The highest BCUT2D eigenvalue weighted by Crippen LogP contribution is 2.24. The quantitative estimate of drug-likeness (QED) is 0.880. The highest BCUT2D eigenvalue weighted by molar-refractivity contribution is 6.30. The maximum atomic E-state index is 5.95. The van der Waals surface area contributed by atoms with Crippen molar-refractivity contribution in [1.82, 2.24) is 10.2 Å². The van der Waals surface area contributed by atoms with E-state index in [9.17, 15) is 0 Å². The molecule has 19 heavy (non-hydrogen) atoms. The molecule has 0 aliphatic carbocycles. The van der Waals surface area contributed by atoms with Crippen LogP contribution in [0.4, 0.5) is 0 Å². The summed E-state index contributed by atoms with van der Waals surface area (Å²) < 4.78 is 11.1. The van der Waals surface area contributed by atoms with Crippen molar-refractivity contribution in [3.05, 3.63) is 40.6 Å². The predicted octanol–water partition coefficient (Wildman–Crippen LogP) is 2.37. The summed E-state index contributed by atoms with van der Waals surface area (Å²) in [5, 5.41) is 8.45. The number of halogens is 1. The van der Waals surface area contributed by atoms with Crippen LogP contribution in [0.15, 0.2) is 22.6 Å². The fourth-order valence-electron chi connectivity index (χ4n) is 1.67. The van der Waals surface area contributed by atoms with Gasteiger partial charge in [-0.15, -0.1) is 10.2 Å². The summed E-state index contributed by atoms with van der Waals surface area (Å²) in [6.07, 6.45) is 1.42. The highest BCUT2D eigenvalue weighted by Gasteiger charge is 2.08. The van der Waals surface area contributed by atoms with Crippen molar-refractivity contribution in [3.63, 3.8) is 0 Å². The third-order valence-corrected chi connectivity index (χ3v) is 2.83. The molecule has 2 N–H and O–H groups in total. The summed E-state index contributed by atoms with van der Waals surface area (Å²) >= 11 is 5.95. The number of ether oxygens (including phenoxy) is 1. The number of rotatable bonds is 6. The van der Waals surface area contributed by atoms with Gasteiger partial charge < -0.3 is 14.9 Å². The maximum Gasteiger partial charge on any atom is 0.253 e. The van der Waals surface area contributed by atoms with E-state index in [4.69, 9.17) is 26.5 Å². The van der Waals surface area contributed by atoms with Crippen LogP contribution in [0, 0.1) is 0 Å². The Balaban J connectivity index is 2.05. The number of nitrogens with two attached hydrogens (primary N) is 1. The molecular weight excluding hydrogens is 266 g/mol. The molecule has 1 aromatic heterocycles. The summed E-state index contributed by atoms with van der Waals surface area (Å²) in [4.78, 5) is 0. The first-order valence-electron chi connectivity index (χ1n) is 6.15. The standard InChI is InChI=1S/C13H16ClN3O2/c1-2-12-16-17-13(19-12)8-18-11-4-3-10(14)7-9(11)5-6-15/h3-4,7H,2,5-6,8,15H2,1H3. The van der Waals surface area contributed by atoms with Crippen LogP contribution in [0.5, 0.6) is 5.75 Å². The molecule has 0 saturated carbocycles. The Hall–Kier alpha value is -1.59. The molecule has 0 aliphatic rings. The molecule has 0 unspecified atom stereocenters. The van der Waals surface area contributed by atoms with E-state index >= 15 is 0 Å². The Morgan fingerprint density at radius 1 is 1.32 bits per heavy atom. The minimum atomic E-state index is 0.242. The van der Waals surface area contributed by atoms with Crippen LogP contribution in [-0.2, 0) is 19.4 Å². The van der Waals surface area contributed by atoms with Crippen LogP contribution in [0.3, 0.4) is 0 Å².